The first-order valence-electron chi connectivity index (χ1n) is 6.04. The number of nitrogens with one attached hydrogen (secondary N) is 1. The van der Waals surface area contributed by atoms with Gasteiger partial charge in [-0.15, -0.1) is 0 Å². The van der Waals surface area contributed by atoms with Crippen molar-refractivity contribution in [2.45, 2.75) is 24.9 Å². The lowest BCUT2D eigenvalue weighted by atomic mass is 10.2. The number of hydrogen-bond donors (Lipinski definition) is 4. The number of nitrogens with zero attached hydrogens (tertiary/aromatic N) is 2. The second kappa shape index (κ2) is 6.38. The van der Waals surface area contributed by atoms with Crippen molar-refractivity contribution in [1.29, 1.82) is 0 Å². The summed E-state index contributed by atoms with van der Waals surface area (Å²) in [4.78, 5) is 15.7. The summed E-state index contributed by atoms with van der Waals surface area (Å²) in [7, 11) is 0. The fraction of sp³-hybridized carbons (Fsp3) is 0.636. The van der Waals surface area contributed by atoms with Gasteiger partial charge in [0.2, 0.25) is 0 Å². The van der Waals surface area contributed by atoms with E-state index in [4.69, 9.17) is 9.84 Å². The highest BCUT2D eigenvalue weighted by atomic mass is 32.1. The van der Waals surface area contributed by atoms with Crippen molar-refractivity contribution < 1.29 is 14.9 Å². The summed E-state index contributed by atoms with van der Waals surface area (Å²) in [6, 6.07) is 1.66. The lowest BCUT2D eigenvalue weighted by Gasteiger charge is -2.14. The smallest absolute Gasteiger partial charge is 0.351 e. The second-order valence-corrected chi connectivity index (χ2v) is 4.72. The van der Waals surface area contributed by atoms with E-state index in [9.17, 15) is 9.90 Å². The molecular formula is C11H17N3O4S. The molecule has 3 atom stereocenters. The molecule has 0 amide bonds. The van der Waals surface area contributed by atoms with Crippen LogP contribution in [0.25, 0.3) is 0 Å². The number of ether oxygens (including phenoxy) is 1. The molecule has 0 aliphatic carbocycles. The molecule has 0 bridgehead atoms. The Morgan fingerprint density at radius 1 is 1.63 bits per heavy atom. The molecule has 7 nitrogen and oxygen atoms in total. The largest absolute Gasteiger partial charge is 0.394 e. The predicted molar refractivity (Wildman–Crippen MR) is 72.5 cm³/mol. The highest BCUT2D eigenvalue weighted by Gasteiger charge is 2.34. The molecule has 1 unspecified atom stereocenters. The van der Waals surface area contributed by atoms with Gasteiger partial charge in [-0.1, -0.05) is 0 Å². The number of aliphatic hydroxyl groups is 2. The number of aromatic nitrogens is 2. The molecule has 1 aromatic rings. The van der Waals surface area contributed by atoms with Gasteiger partial charge in [0.05, 0.1) is 12.7 Å². The molecule has 2 rings (SSSR count). The van der Waals surface area contributed by atoms with Crippen molar-refractivity contribution in [2.24, 2.45) is 0 Å². The minimum atomic E-state index is -0.774. The van der Waals surface area contributed by atoms with Crippen molar-refractivity contribution in [3.05, 3.63) is 22.7 Å². The Bertz CT molecular complexity index is 481. The first-order chi connectivity index (χ1) is 9.15. The molecule has 0 saturated carbocycles. The molecule has 0 spiro atoms. The summed E-state index contributed by atoms with van der Waals surface area (Å²) >= 11 is 4.05. The van der Waals surface area contributed by atoms with Gasteiger partial charge in [-0.2, -0.15) is 17.6 Å². The highest BCUT2D eigenvalue weighted by Crippen LogP contribution is 2.27. The zero-order valence-corrected chi connectivity index (χ0v) is 11.2. The van der Waals surface area contributed by atoms with Gasteiger partial charge < -0.3 is 20.3 Å². The molecule has 0 aromatic carbocycles. The quantitative estimate of drug-likeness (QED) is 0.531. The highest BCUT2D eigenvalue weighted by molar-refractivity contribution is 7.80. The van der Waals surface area contributed by atoms with Crippen LogP contribution in [0.2, 0.25) is 0 Å². The summed E-state index contributed by atoms with van der Waals surface area (Å²) < 4.78 is 6.71. The lowest BCUT2D eigenvalue weighted by molar-refractivity contribution is -0.0458. The van der Waals surface area contributed by atoms with Gasteiger partial charge in [0.25, 0.3) is 0 Å². The Balaban J connectivity index is 2.11. The van der Waals surface area contributed by atoms with Gasteiger partial charge in [-0.25, -0.2) is 4.79 Å². The number of thiol groups is 1. The molecule has 1 aromatic heterocycles. The van der Waals surface area contributed by atoms with Crippen LogP contribution >= 0.6 is 12.6 Å². The van der Waals surface area contributed by atoms with Crippen molar-refractivity contribution in [2.75, 3.05) is 24.2 Å². The van der Waals surface area contributed by atoms with Gasteiger partial charge >= 0.3 is 5.69 Å². The zero-order valence-electron chi connectivity index (χ0n) is 10.3. The standard InChI is InChI=1S/C11H17N3O4S/c15-6-8-7(16)5-10(18-8)14-3-1-9(12-2-4-19)13-11(14)17/h1,3,7-8,10,15-16,19H,2,4-6H2,(H,12,13,17)/t7?,8-,10-/m1/s1. The molecule has 106 valence electrons. The molecule has 1 aliphatic rings. The van der Waals surface area contributed by atoms with Gasteiger partial charge in [-0.05, 0) is 6.07 Å². The van der Waals surface area contributed by atoms with E-state index in [1.807, 2.05) is 0 Å². The summed E-state index contributed by atoms with van der Waals surface area (Å²) in [5.74, 6) is 1.12. The second-order valence-electron chi connectivity index (χ2n) is 4.27. The summed E-state index contributed by atoms with van der Waals surface area (Å²) in [5.41, 5.74) is -0.458. The van der Waals surface area contributed by atoms with E-state index in [0.29, 0.717) is 18.1 Å². The molecule has 19 heavy (non-hydrogen) atoms. The summed E-state index contributed by atoms with van der Waals surface area (Å²) in [6.45, 7) is 0.340. The Morgan fingerprint density at radius 3 is 3.00 bits per heavy atom. The topological polar surface area (TPSA) is 96.6 Å². The normalized spacial score (nSPS) is 26.6. The van der Waals surface area contributed by atoms with Crippen LogP contribution < -0.4 is 11.0 Å². The fourth-order valence-corrected chi connectivity index (χ4v) is 2.08. The first-order valence-corrected chi connectivity index (χ1v) is 6.67. The molecule has 0 radical (unpaired) electrons. The Hall–Kier alpha value is -1.09. The maximum absolute atomic E-state index is 11.9. The van der Waals surface area contributed by atoms with Crippen LogP contribution in [-0.4, -0.2) is 50.9 Å². The third kappa shape index (κ3) is 3.27. The Labute approximate surface area is 115 Å². The monoisotopic (exact) mass is 287 g/mol. The number of hydrogen-bond acceptors (Lipinski definition) is 7. The fourth-order valence-electron chi connectivity index (χ4n) is 1.96. The van der Waals surface area contributed by atoms with E-state index in [0.717, 1.165) is 0 Å². The predicted octanol–water partition coefficient (Wildman–Crippen LogP) is -0.774. The van der Waals surface area contributed by atoms with E-state index < -0.39 is 24.1 Å². The maximum atomic E-state index is 11.9. The van der Waals surface area contributed by atoms with E-state index in [2.05, 4.69) is 22.9 Å². The lowest BCUT2D eigenvalue weighted by Crippen LogP contribution is -2.28. The van der Waals surface area contributed by atoms with Crippen LogP contribution in [0.1, 0.15) is 12.6 Å². The van der Waals surface area contributed by atoms with Crippen LogP contribution in [0.4, 0.5) is 5.82 Å². The van der Waals surface area contributed by atoms with E-state index in [1.54, 1.807) is 12.3 Å². The van der Waals surface area contributed by atoms with Gasteiger partial charge in [0.15, 0.2) is 0 Å². The maximum Gasteiger partial charge on any atom is 0.351 e. The average molecular weight is 287 g/mol. The SMILES string of the molecule is O=c1nc(NCCS)ccn1[C@H]1CC(O)[C@@H](CO)O1. The van der Waals surface area contributed by atoms with Crippen molar-refractivity contribution in [3.63, 3.8) is 0 Å². The number of aliphatic hydroxyl groups excluding tert-OH is 2. The molecule has 2 heterocycles. The third-order valence-corrected chi connectivity index (χ3v) is 3.17. The van der Waals surface area contributed by atoms with Gasteiger partial charge in [0, 0.05) is 24.9 Å². The number of anilines is 1. The van der Waals surface area contributed by atoms with Crippen molar-refractivity contribution in [1.82, 2.24) is 9.55 Å². The molecular weight excluding hydrogens is 270 g/mol. The average Bonchev–Trinajstić information content (AvgIpc) is 2.77. The van der Waals surface area contributed by atoms with Crippen LogP contribution in [0.3, 0.4) is 0 Å². The van der Waals surface area contributed by atoms with Crippen LogP contribution in [-0.2, 0) is 4.74 Å². The number of rotatable bonds is 5. The Morgan fingerprint density at radius 2 is 2.42 bits per heavy atom. The van der Waals surface area contributed by atoms with Gasteiger partial charge in [-0.3, -0.25) is 4.57 Å². The molecule has 1 saturated heterocycles. The summed E-state index contributed by atoms with van der Waals surface area (Å²) in [6.07, 6.45) is -0.197. The zero-order chi connectivity index (χ0) is 13.8. The Kier molecular flexibility index (Phi) is 4.81. The van der Waals surface area contributed by atoms with E-state index in [1.165, 1.54) is 4.57 Å². The van der Waals surface area contributed by atoms with Gasteiger partial charge in [0.1, 0.15) is 18.1 Å². The van der Waals surface area contributed by atoms with E-state index in [-0.39, 0.29) is 13.0 Å². The van der Waals surface area contributed by atoms with Crippen LogP contribution in [0, 0.1) is 0 Å². The first kappa shape index (κ1) is 14.3. The molecule has 1 aliphatic heterocycles. The minimum absolute atomic E-state index is 0.260. The third-order valence-electron chi connectivity index (χ3n) is 2.94. The van der Waals surface area contributed by atoms with E-state index >= 15 is 0 Å². The molecule has 8 heteroatoms. The summed E-state index contributed by atoms with van der Waals surface area (Å²) in [5, 5.41) is 21.6. The van der Waals surface area contributed by atoms with Crippen molar-refractivity contribution >= 4 is 18.4 Å². The van der Waals surface area contributed by atoms with Crippen LogP contribution in [0.15, 0.2) is 17.1 Å². The van der Waals surface area contributed by atoms with Crippen LogP contribution in [0.5, 0.6) is 0 Å². The minimum Gasteiger partial charge on any atom is -0.394 e. The molecule has 1 fully saturated rings. The van der Waals surface area contributed by atoms with Crippen molar-refractivity contribution in [3.8, 4) is 0 Å². The molecule has 3 N–H and O–H groups in total.